The van der Waals surface area contributed by atoms with Gasteiger partial charge in [-0.05, 0) is 6.42 Å². The van der Waals surface area contributed by atoms with E-state index in [2.05, 4.69) is 5.32 Å². The van der Waals surface area contributed by atoms with E-state index in [1.165, 1.54) is 0 Å². The molecule has 0 aliphatic heterocycles. The lowest BCUT2D eigenvalue weighted by molar-refractivity contribution is -0.123. The smallest absolute Gasteiger partial charge is 0.413 e. The van der Waals surface area contributed by atoms with Gasteiger partial charge in [0, 0.05) is 5.92 Å². The zero-order valence-corrected chi connectivity index (χ0v) is 8.42. The average molecular weight is 187 g/mol. The van der Waals surface area contributed by atoms with Crippen LogP contribution in [0.3, 0.4) is 0 Å². The summed E-state index contributed by atoms with van der Waals surface area (Å²) in [7, 11) is 0. The fourth-order valence-corrected chi connectivity index (χ4v) is 0.590. The highest BCUT2D eigenvalue weighted by Crippen LogP contribution is 1.92. The first-order chi connectivity index (χ1) is 6.07. The van der Waals surface area contributed by atoms with Gasteiger partial charge in [0.1, 0.15) is 0 Å². The molecule has 0 unspecified atom stereocenters. The number of hydrogen-bond acceptors (Lipinski definition) is 3. The molecule has 0 aliphatic carbocycles. The van der Waals surface area contributed by atoms with Gasteiger partial charge in [0.25, 0.3) is 0 Å². The number of amides is 2. The highest BCUT2D eigenvalue weighted by molar-refractivity contribution is 5.92. The van der Waals surface area contributed by atoms with Crippen molar-refractivity contribution in [2.75, 3.05) is 6.61 Å². The van der Waals surface area contributed by atoms with Gasteiger partial charge in [-0.3, -0.25) is 10.1 Å². The Morgan fingerprint density at radius 2 is 2.00 bits per heavy atom. The summed E-state index contributed by atoms with van der Waals surface area (Å²) in [6.45, 7) is 5.80. The predicted molar refractivity (Wildman–Crippen MR) is 49.2 cm³/mol. The quantitative estimate of drug-likeness (QED) is 0.681. The molecule has 0 spiro atoms. The van der Waals surface area contributed by atoms with E-state index < -0.39 is 6.09 Å². The molecule has 76 valence electrons. The number of alkyl carbamates (subject to hydrolysis) is 1. The molecular weight excluding hydrogens is 170 g/mol. The fourth-order valence-electron chi connectivity index (χ4n) is 0.590. The van der Waals surface area contributed by atoms with Crippen LogP contribution in [0, 0.1) is 5.92 Å². The number of unbranched alkanes of at least 4 members (excludes halogenated alkanes) is 1. The summed E-state index contributed by atoms with van der Waals surface area (Å²) in [6, 6.07) is 0. The average Bonchev–Trinajstić information content (AvgIpc) is 2.04. The molecular formula is C9H17NO3. The molecule has 0 bridgehead atoms. The highest BCUT2D eigenvalue weighted by Gasteiger charge is 2.11. The SMILES string of the molecule is CCCCOC(=O)NC(=O)C(C)C. The van der Waals surface area contributed by atoms with Crippen molar-refractivity contribution in [3.8, 4) is 0 Å². The van der Waals surface area contributed by atoms with Gasteiger partial charge < -0.3 is 4.74 Å². The first-order valence-corrected chi connectivity index (χ1v) is 4.55. The zero-order valence-electron chi connectivity index (χ0n) is 8.42. The second-order valence-corrected chi connectivity index (χ2v) is 3.13. The standard InChI is InChI=1S/C9H17NO3/c1-4-5-6-13-9(12)10-8(11)7(2)3/h7H,4-6H2,1-3H3,(H,10,11,12). The maximum absolute atomic E-state index is 11.0. The molecule has 0 heterocycles. The molecule has 0 aromatic rings. The van der Waals surface area contributed by atoms with Crippen LogP contribution in [0.4, 0.5) is 4.79 Å². The second-order valence-electron chi connectivity index (χ2n) is 3.13. The Morgan fingerprint density at radius 3 is 2.46 bits per heavy atom. The van der Waals surface area contributed by atoms with Crippen molar-refractivity contribution in [3.63, 3.8) is 0 Å². The molecule has 0 rings (SSSR count). The maximum atomic E-state index is 11.0. The van der Waals surface area contributed by atoms with Crippen LogP contribution in [0.1, 0.15) is 33.6 Å². The zero-order chi connectivity index (χ0) is 10.3. The molecule has 0 aromatic carbocycles. The Kier molecular flexibility index (Phi) is 5.93. The Hall–Kier alpha value is -1.06. The third kappa shape index (κ3) is 6.13. The van der Waals surface area contributed by atoms with Crippen molar-refractivity contribution >= 4 is 12.0 Å². The summed E-state index contributed by atoms with van der Waals surface area (Å²) in [5, 5.41) is 2.14. The molecule has 0 radical (unpaired) electrons. The van der Waals surface area contributed by atoms with Crippen LogP contribution < -0.4 is 5.32 Å². The Balaban J connectivity index is 3.56. The van der Waals surface area contributed by atoms with E-state index in [0.29, 0.717) is 6.61 Å². The molecule has 4 heteroatoms. The van der Waals surface area contributed by atoms with Crippen LogP contribution in [0.25, 0.3) is 0 Å². The van der Waals surface area contributed by atoms with Crippen molar-refractivity contribution in [1.29, 1.82) is 0 Å². The maximum Gasteiger partial charge on any atom is 0.413 e. The van der Waals surface area contributed by atoms with E-state index >= 15 is 0 Å². The van der Waals surface area contributed by atoms with E-state index in [-0.39, 0.29) is 11.8 Å². The molecule has 0 aromatic heterocycles. The number of imide groups is 1. The molecule has 0 fully saturated rings. The van der Waals surface area contributed by atoms with Crippen molar-refractivity contribution in [2.45, 2.75) is 33.6 Å². The second kappa shape index (κ2) is 6.46. The summed E-state index contributed by atoms with van der Waals surface area (Å²) in [5.41, 5.74) is 0. The Morgan fingerprint density at radius 1 is 1.38 bits per heavy atom. The number of rotatable bonds is 4. The Bertz CT molecular complexity index is 178. The van der Waals surface area contributed by atoms with Crippen molar-refractivity contribution in [3.05, 3.63) is 0 Å². The topological polar surface area (TPSA) is 55.4 Å². The summed E-state index contributed by atoms with van der Waals surface area (Å²) in [5.74, 6) is -0.500. The summed E-state index contributed by atoms with van der Waals surface area (Å²) in [6.07, 6.45) is 1.14. The molecule has 0 atom stereocenters. The van der Waals surface area contributed by atoms with Gasteiger partial charge in [0.15, 0.2) is 0 Å². The first kappa shape index (κ1) is 11.9. The monoisotopic (exact) mass is 187 g/mol. The molecule has 4 nitrogen and oxygen atoms in total. The van der Waals surface area contributed by atoms with Crippen molar-refractivity contribution < 1.29 is 14.3 Å². The fraction of sp³-hybridized carbons (Fsp3) is 0.778. The normalized spacial score (nSPS) is 9.85. The summed E-state index contributed by atoms with van der Waals surface area (Å²) >= 11 is 0. The number of hydrogen-bond donors (Lipinski definition) is 1. The van der Waals surface area contributed by atoms with E-state index in [1.54, 1.807) is 13.8 Å². The van der Waals surface area contributed by atoms with Crippen LogP contribution >= 0.6 is 0 Å². The van der Waals surface area contributed by atoms with Crippen LogP contribution in [-0.4, -0.2) is 18.6 Å². The third-order valence-electron chi connectivity index (χ3n) is 1.48. The van der Waals surface area contributed by atoms with Gasteiger partial charge in [-0.25, -0.2) is 4.79 Å². The largest absolute Gasteiger partial charge is 0.449 e. The Labute approximate surface area is 78.6 Å². The third-order valence-corrected chi connectivity index (χ3v) is 1.48. The van der Waals surface area contributed by atoms with Gasteiger partial charge in [0.2, 0.25) is 5.91 Å². The van der Waals surface area contributed by atoms with Gasteiger partial charge in [-0.2, -0.15) is 0 Å². The molecule has 2 amide bonds. The lowest BCUT2D eigenvalue weighted by Gasteiger charge is -2.06. The summed E-state index contributed by atoms with van der Waals surface area (Å²) in [4.78, 5) is 21.9. The number of nitrogens with one attached hydrogen (secondary N) is 1. The van der Waals surface area contributed by atoms with Crippen molar-refractivity contribution in [2.24, 2.45) is 5.92 Å². The number of carbonyl (C=O) groups is 2. The predicted octanol–water partition coefficient (Wildman–Crippen LogP) is 1.70. The lowest BCUT2D eigenvalue weighted by Crippen LogP contribution is -2.34. The summed E-state index contributed by atoms with van der Waals surface area (Å²) < 4.78 is 4.73. The van der Waals surface area contributed by atoms with Crippen LogP contribution in [0.2, 0.25) is 0 Å². The van der Waals surface area contributed by atoms with Crippen molar-refractivity contribution in [1.82, 2.24) is 5.32 Å². The highest BCUT2D eigenvalue weighted by atomic mass is 16.5. The van der Waals surface area contributed by atoms with E-state index in [4.69, 9.17) is 4.74 Å². The first-order valence-electron chi connectivity index (χ1n) is 4.55. The minimum atomic E-state index is -0.646. The van der Waals surface area contributed by atoms with Crippen LogP contribution in [0.15, 0.2) is 0 Å². The van der Waals surface area contributed by atoms with Gasteiger partial charge in [0.05, 0.1) is 6.61 Å². The minimum Gasteiger partial charge on any atom is -0.449 e. The molecule has 0 saturated carbocycles. The number of carbonyl (C=O) groups excluding carboxylic acids is 2. The van der Waals surface area contributed by atoms with E-state index in [9.17, 15) is 9.59 Å². The van der Waals surface area contributed by atoms with Gasteiger partial charge in [-0.15, -0.1) is 0 Å². The molecule has 13 heavy (non-hydrogen) atoms. The van der Waals surface area contributed by atoms with E-state index in [0.717, 1.165) is 12.8 Å². The molecule has 0 saturated heterocycles. The molecule has 0 aliphatic rings. The van der Waals surface area contributed by atoms with Crippen LogP contribution in [0.5, 0.6) is 0 Å². The number of ether oxygens (including phenoxy) is 1. The lowest BCUT2D eigenvalue weighted by atomic mass is 10.2. The van der Waals surface area contributed by atoms with Gasteiger partial charge >= 0.3 is 6.09 Å². The van der Waals surface area contributed by atoms with E-state index in [1.807, 2.05) is 6.92 Å². The molecule has 1 N–H and O–H groups in total. The van der Waals surface area contributed by atoms with Gasteiger partial charge in [-0.1, -0.05) is 27.2 Å². The minimum absolute atomic E-state index is 0.196. The van der Waals surface area contributed by atoms with Crippen LogP contribution in [-0.2, 0) is 9.53 Å².